The number of rotatable bonds is 8. The molecule has 0 bridgehead atoms. The first-order valence-corrected chi connectivity index (χ1v) is 6.67. The van der Waals surface area contributed by atoms with Gasteiger partial charge in [0.1, 0.15) is 5.76 Å². The van der Waals surface area contributed by atoms with E-state index < -0.39 is 0 Å². The van der Waals surface area contributed by atoms with Gasteiger partial charge < -0.3 is 9.47 Å². The molecule has 0 aromatic heterocycles. The van der Waals surface area contributed by atoms with E-state index in [-0.39, 0.29) is 0 Å². The average Bonchev–Trinajstić information content (AvgIpc) is 2.31. The zero-order valence-electron chi connectivity index (χ0n) is 12.5. The third kappa shape index (κ3) is 15.2. The van der Waals surface area contributed by atoms with Gasteiger partial charge in [-0.2, -0.15) is 0 Å². The Balaban J connectivity index is 0. The molecule has 0 aromatic carbocycles. The van der Waals surface area contributed by atoms with Crippen LogP contribution in [-0.4, -0.2) is 20.3 Å². The molecule has 0 radical (unpaired) electrons. The van der Waals surface area contributed by atoms with Crippen LogP contribution in [0.4, 0.5) is 0 Å². The Hall–Kier alpha value is -0.760. The lowest BCUT2D eigenvalue weighted by molar-refractivity contribution is 0.169. The van der Waals surface area contributed by atoms with Crippen molar-refractivity contribution in [1.82, 2.24) is 0 Å². The quantitative estimate of drug-likeness (QED) is 0.348. The van der Waals surface area contributed by atoms with Crippen LogP contribution in [0.1, 0.15) is 53.9 Å². The standard InChI is InChI=1S/C13H24O2.C2H6/c1-5-8-13(11-12(2)3)15-10-7-6-9-14-4;1-2/h8,11H,5-7,9-10H2,1-4H3;1-2H3/b13-8+;. The maximum Gasteiger partial charge on any atom is 0.115 e. The van der Waals surface area contributed by atoms with Gasteiger partial charge in [-0.3, -0.25) is 0 Å². The number of hydrogen-bond acceptors (Lipinski definition) is 2. The van der Waals surface area contributed by atoms with E-state index in [0.717, 1.165) is 38.2 Å². The number of ether oxygens (including phenoxy) is 2. The molecular weight excluding hydrogens is 212 g/mol. The van der Waals surface area contributed by atoms with Crippen molar-refractivity contribution < 1.29 is 9.47 Å². The molecule has 0 unspecified atom stereocenters. The summed E-state index contributed by atoms with van der Waals surface area (Å²) < 4.78 is 10.6. The highest BCUT2D eigenvalue weighted by Gasteiger charge is 1.94. The zero-order chi connectivity index (χ0) is 13.5. The van der Waals surface area contributed by atoms with E-state index in [1.807, 2.05) is 13.8 Å². The molecule has 0 spiro atoms. The summed E-state index contributed by atoms with van der Waals surface area (Å²) in [5, 5.41) is 0. The Labute approximate surface area is 108 Å². The minimum Gasteiger partial charge on any atom is -0.494 e. The van der Waals surface area contributed by atoms with Crippen molar-refractivity contribution in [3.63, 3.8) is 0 Å². The number of methoxy groups -OCH3 is 1. The van der Waals surface area contributed by atoms with Gasteiger partial charge in [-0.1, -0.05) is 26.3 Å². The summed E-state index contributed by atoms with van der Waals surface area (Å²) in [7, 11) is 1.73. The summed E-state index contributed by atoms with van der Waals surface area (Å²) in [6.07, 6.45) is 7.32. The number of hydrogen-bond donors (Lipinski definition) is 0. The first-order valence-electron chi connectivity index (χ1n) is 6.67. The molecule has 0 fully saturated rings. The maximum atomic E-state index is 5.67. The maximum absolute atomic E-state index is 5.67. The summed E-state index contributed by atoms with van der Waals surface area (Å²) in [6.45, 7) is 11.9. The van der Waals surface area contributed by atoms with Crippen molar-refractivity contribution >= 4 is 0 Å². The largest absolute Gasteiger partial charge is 0.494 e. The lowest BCUT2D eigenvalue weighted by Gasteiger charge is -2.07. The summed E-state index contributed by atoms with van der Waals surface area (Å²) >= 11 is 0. The van der Waals surface area contributed by atoms with E-state index in [0.29, 0.717) is 0 Å². The van der Waals surface area contributed by atoms with Crippen LogP contribution in [0.25, 0.3) is 0 Å². The van der Waals surface area contributed by atoms with E-state index in [1.165, 1.54) is 5.57 Å². The van der Waals surface area contributed by atoms with Gasteiger partial charge in [0.05, 0.1) is 6.61 Å². The van der Waals surface area contributed by atoms with Crippen LogP contribution < -0.4 is 0 Å². The molecule has 0 saturated carbocycles. The molecule has 0 aliphatic carbocycles. The molecule has 0 aromatic rings. The van der Waals surface area contributed by atoms with Crippen molar-refractivity contribution in [3.05, 3.63) is 23.5 Å². The minimum absolute atomic E-state index is 0.777. The highest BCUT2D eigenvalue weighted by Crippen LogP contribution is 2.06. The summed E-state index contributed by atoms with van der Waals surface area (Å²) in [4.78, 5) is 0. The summed E-state index contributed by atoms with van der Waals surface area (Å²) in [6, 6.07) is 0. The van der Waals surface area contributed by atoms with E-state index in [4.69, 9.17) is 9.47 Å². The Kier molecular flexibility index (Phi) is 16.7. The predicted molar refractivity (Wildman–Crippen MR) is 76.2 cm³/mol. The molecular formula is C15H30O2. The number of unbranched alkanes of at least 4 members (excludes halogenated alkanes) is 1. The zero-order valence-corrected chi connectivity index (χ0v) is 12.5. The van der Waals surface area contributed by atoms with Gasteiger partial charge in [0.15, 0.2) is 0 Å². The fourth-order valence-corrected chi connectivity index (χ4v) is 1.18. The Morgan fingerprint density at radius 2 is 1.65 bits per heavy atom. The molecule has 0 atom stereocenters. The lowest BCUT2D eigenvalue weighted by Crippen LogP contribution is -1.96. The van der Waals surface area contributed by atoms with E-state index in [1.54, 1.807) is 7.11 Å². The van der Waals surface area contributed by atoms with Crippen LogP contribution >= 0.6 is 0 Å². The van der Waals surface area contributed by atoms with Crippen molar-refractivity contribution in [2.24, 2.45) is 0 Å². The van der Waals surface area contributed by atoms with Gasteiger partial charge in [-0.15, -0.1) is 0 Å². The van der Waals surface area contributed by atoms with Gasteiger partial charge in [-0.25, -0.2) is 0 Å². The van der Waals surface area contributed by atoms with Crippen LogP contribution in [0.2, 0.25) is 0 Å². The SMILES string of the molecule is CC.CC/C=C(\C=C(C)C)OCCCCOC. The van der Waals surface area contributed by atoms with Crippen molar-refractivity contribution in [3.8, 4) is 0 Å². The average molecular weight is 242 g/mol. The first kappa shape index (κ1) is 18.6. The van der Waals surface area contributed by atoms with Gasteiger partial charge in [-0.05, 0) is 45.3 Å². The first-order chi connectivity index (χ1) is 8.20. The minimum atomic E-state index is 0.777. The van der Waals surface area contributed by atoms with Gasteiger partial charge in [0.25, 0.3) is 0 Å². The fraction of sp³-hybridized carbons (Fsp3) is 0.733. The summed E-state index contributed by atoms with van der Waals surface area (Å²) in [5.41, 5.74) is 1.27. The Morgan fingerprint density at radius 1 is 1.06 bits per heavy atom. The van der Waals surface area contributed by atoms with E-state index in [9.17, 15) is 0 Å². The second-order valence-electron chi connectivity index (χ2n) is 3.78. The number of allylic oxidation sites excluding steroid dienone is 3. The van der Waals surface area contributed by atoms with Crippen molar-refractivity contribution in [2.45, 2.75) is 53.9 Å². The molecule has 2 heteroatoms. The second-order valence-corrected chi connectivity index (χ2v) is 3.78. The monoisotopic (exact) mass is 242 g/mol. The molecule has 0 amide bonds. The van der Waals surface area contributed by atoms with Crippen LogP contribution in [-0.2, 0) is 9.47 Å². The van der Waals surface area contributed by atoms with Crippen molar-refractivity contribution in [1.29, 1.82) is 0 Å². The van der Waals surface area contributed by atoms with Gasteiger partial charge in [0, 0.05) is 13.7 Å². The van der Waals surface area contributed by atoms with Crippen LogP contribution in [0.15, 0.2) is 23.5 Å². The van der Waals surface area contributed by atoms with E-state index in [2.05, 4.69) is 32.9 Å². The Bertz CT molecular complexity index is 201. The van der Waals surface area contributed by atoms with E-state index >= 15 is 0 Å². The normalized spacial score (nSPS) is 10.4. The molecule has 0 rings (SSSR count). The van der Waals surface area contributed by atoms with Crippen LogP contribution in [0.5, 0.6) is 0 Å². The fourth-order valence-electron chi connectivity index (χ4n) is 1.18. The van der Waals surface area contributed by atoms with Crippen LogP contribution in [0, 0.1) is 0 Å². The van der Waals surface area contributed by atoms with Crippen molar-refractivity contribution in [2.75, 3.05) is 20.3 Å². The predicted octanol–water partition coefficient (Wildman–Crippen LogP) is 4.72. The molecule has 2 nitrogen and oxygen atoms in total. The smallest absolute Gasteiger partial charge is 0.115 e. The molecule has 0 saturated heterocycles. The van der Waals surface area contributed by atoms with Gasteiger partial charge in [0.2, 0.25) is 0 Å². The highest BCUT2D eigenvalue weighted by atomic mass is 16.5. The molecule has 0 N–H and O–H groups in total. The molecule has 0 aliphatic rings. The molecule has 0 heterocycles. The molecule has 102 valence electrons. The molecule has 17 heavy (non-hydrogen) atoms. The Morgan fingerprint density at radius 3 is 2.12 bits per heavy atom. The topological polar surface area (TPSA) is 18.5 Å². The van der Waals surface area contributed by atoms with Crippen LogP contribution in [0.3, 0.4) is 0 Å². The summed E-state index contributed by atoms with van der Waals surface area (Å²) in [5.74, 6) is 0.995. The third-order valence-corrected chi connectivity index (χ3v) is 1.85. The highest BCUT2D eigenvalue weighted by molar-refractivity contribution is 5.15. The second kappa shape index (κ2) is 15.2. The third-order valence-electron chi connectivity index (χ3n) is 1.85. The van der Waals surface area contributed by atoms with Gasteiger partial charge >= 0.3 is 0 Å². The molecule has 0 aliphatic heterocycles. The lowest BCUT2D eigenvalue weighted by atomic mass is 10.2.